The molecule has 0 saturated carbocycles. The Kier molecular flexibility index (Phi) is 4.37. The highest BCUT2D eigenvalue weighted by atomic mass is 79.9. The summed E-state index contributed by atoms with van der Waals surface area (Å²) in [5, 5.41) is 9.19. The van der Waals surface area contributed by atoms with Crippen LogP contribution in [0.2, 0.25) is 0 Å². The van der Waals surface area contributed by atoms with Crippen molar-refractivity contribution >= 4 is 21.9 Å². The molecule has 0 aromatic heterocycles. The quantitative estimate of drug-likeness (QED) is 0.825. The Balaban J connectivity index is 2.30. The van der Waals surface area contributed by atoms with Gasteiger partial charge in [-0.25, -0.2) is 4.79 Å². The number of hydrogen-bond acceptors (Lipinski definition) is 2. The molecular weight excluding hydrogens is 332 g/mol. The van der Waals surface area contributed by atoms with E-state index in [1.54, 1.807) is 12.1 Å². The zero-order valence-corrected chi connectivity index (χ0v) is 13.8. The molecule has 110 valence electrons. The van der Waals surface area contributed by atoms with Crippen LogP contribution in [-0.2, 0) is 5.41 Å². The number of carboxylic acids is 1. The first kappa shape index (κ1) is 15.6. The van der Waals surface area contributed by atoms with Crippen LogP contribution in [0.15, 0.2) is 46.9 Å². The summed E-state index contributed by atoms with van der Waals surface area (Å²) < 4.78 is 6.48. The van der Waals surface area contributed by atoms with E-state index in [4.69, 9.17) is 4.74 Å². The average molecular weight is 349 g/mol. The molecule has 0 aliphatic rings. The largest absolute Gasteiger partial charge is 0.478 e. The Morgan fingerprint density at radius 2 is 1.71 bits per heavy atom. The molecule has 1 N–H and O–H groups in total. The standard InChI is InChI=1S/C17H17BrO3/c1-17(2,3)11-4-7-13(8-5-11)21-15-10-12(18)6-9-14(15)16(19)20/h4-10H,1-3H3,(H,19,20). The van der Waals surface area contributed by atoms with E-state index in [9.17, 15) is 9.90 Å². The van der Waals surface area contributed by atoms with Crippen molar-refractivity contribution in [3.05, 3.63) is 58.1 Å². The van der Waals surface area contributed by atoms with E-state index in [0.29, 0.717) is 11.5 Å². The van der Waals surface area contributed by atoms with E-state index in [1.807, 2.05) is 24.3 Å². The predicted octanol–water partition coefficient (Wildman–Crippen LogP) is 5.24. The predicted molar refractivity (Wildman–Crippen MR) is 86.3 cm³/mol. The van der Waals surface area contributed by atoms with Gasteiger partial charge < -0.3 is 9.84 Å². The number of carbonyl (C=O) groups is 1. The molecule has 0 amide bonds. The van der Waals surface area contributed by atoms with E-state index in [0.717, 1.165) is 4.47 Å². The molecule has 0 radical (unpaired) electrons. The molecule has 21 heavy (non-hydrogen) atoms. The normalized spacial score (nSPS) is 11.2. The molecule has 3 nitrogen and oxygen atoms in total. The van der Waals surface area contributed by atoms with Crippen molar-refractivity contribution in [1.29, 1.82) is 0 Å². The molecule has 0 aliphatic carbocycles. The minimum absolute atomic E-state index is 0.0700. The fourth-order valence-electron chi connectivity index (χ4n) is 1.91. The highest BCUT2D eigenvalue weighted by Crippen LogP contribution is 2.30. The lowest BCUT2D eigenvalue weighted by molar-refractivity contribution is 0.0694. The smallest absolute Gasteiger partial charge is 0.339 e. The fourth-order valence-corrected chi connectivity index (χ4v) is 2.25. The van der Waals surface area contributed by atoms with Crippen molar-refractivity contribution in [3.8, 4) is 11.5 Å². The maximum Gasteiger partial charge on any atom is 0.339 e. The van der Waals surface area contributed by atoms with E-state index >= 15 is 0 Å². The number of hydrogen-bond donors (Lipinski definition) is 1. The molecule has 0 saturated heterocycles. The maximum atomic E-state index is 11.2. The lowest BCUT2D eigenvalue weighted by Crippen LogP contribution is -2.10. The molecule has 2 aromatic carbocycles. The molecular formula is C17H17BrO3. The van der Waals surface area contributed by atoms with Crippen LogP contribution in [0.25, 0.3) is 0 Å². The molecule has 4 heteroatoms. The highest BCUT2D eigenvalue weighted by Gasteiger charge is 2.15. The molecule has 2 rings (SSSR count). The summed E-state index contributed by atoms with van der Waals surface area (Å²) in [5.74, 6) is -0.0761. The van der Waals surface area contributed by atoms with Gasteiger partial charge in [-0.2, -0.15) is 0 Å². The number of carboxylic acid groups (broad SMARTS) is 1. The SMILES string of the molecule is CC(C)(C)c1ccc(Oc2cc(Br)ccc2C(=O)O)cc1. The van der Waals surface area contributed by atoms with Crippen molar-refractivity contribution in [3.63, 3.8) is 0 Å². The molecule has 0 heterocycles. The molecule has 0 unspecified atom stereocenters. The maximum absolute atomic E-state index is 11.2. The lowest BCUT2D eigenvalue weighted by Gasteiger charge is -2.19. The monoisotopic (exact) mass is 348 g/mol. The topological polar surface area (TPSA) is 46.5 Å². The summed E-state index contributed by atoms with van der Waals surface area (Å²) in [7, 11) is 0. The van der Waals surface area contributed by atoms with Crippen molar-refractivity contribution in [2.24, 2.45) is 0 Å². The van der Waals surface area contributed by atoms with Crippen LogP contribution in [0, 0.1) is 0 Å². The average Bonchev–Trinajstić information content (AvgIpc) is 2.38. The van der Waals surface area contributed by atoms with Gasteiger partial charge >= 0.3 is 5.97 Å². The van der Waals surface area contributed by atoms with Crippen molar-refractivity contribution in [2.45, 2.75) is 26.2 Å². The van der Waals surface area contributed by atoms with Gasteiger partial charge in [0.2, 0.25) is 0 Å². The summed E-state index contributed by atoms with van der Waals surface area (Å²) in [6, 6.07) is 12.5. The minimum Gasteiger partial charge on any atom is -0.478 e. The number of rotatable bonds is 3. The van der Waals surface area contributed by atoms with Crippen LogP contribution in [0.3, 0.4) is 0 Å². The summed E-state index contributed by atoms with van der Waals surface area (Å²) in [5.41, 5.74) is 1.40. The van der Waals surface area contributed by atoms with Gasteiger partial charge in [-0.3, -0.25) is 0 Å². The fraction of sp³-hybridized carbons (Fsp3) is 0.235. The van der Waals surface area contributed by atoms with E-state index in [-0.39, 0.29) is 11.0 Å². The number of ether oxygens (including phenoxy) is 1. The molecule has 0 bridgehead atoms. The van der Waals surface area contributed by atoms with E-state index in [2.05, 4.69) is 36.7 Å². The van der Waals surface area contributed by atoms with Gasteiger partial charge in [-0.05, 0) is 41.3 Å². The second kappa shape index (κ2) is 5.90. The van der Waals surface area contributed by atoms with Crippen LogP contribution in [0.5, 0.6) is 11.5 Å². The van der Waals surface area contributed by atoms with Gasteiger partial charge in [-0.15, -0.1) is 0 Å². The van der Waals surface area contributed by atoms with Crippen molar-refractivity contribution in [2.75, 3.05) is 0 Å². The Hall–Kier alpha value is -1.81. The van der Waals surface area contributed by atoms with Crippen LogP contribution in [-0.4, -0.2) is 11.1 Å². The van der Waals surface area contributed by atoms with Gasteiger partial charge in [0.1, 0.15) is 17.1 Å². The molecule has 0 fully saturated rings. The number of benzene rings is 2. The highest BCUT2D eigenvalue weighted by molar-refractivity contribution is 9.10. The second-order valence-corrected chi connectivity index (χ2v) is 6.74. The van der Waals surface area contributed by atoms with Crippen LogP contribution >= 0.6 is 15.9 Å². The zero-order valence-electron chi connectivity index (χ0n) is 12.2. The Labute approximate surface area is 132 Å². The molecule has 0 spiro atoms. The zero-order chi connectivity index (χ0) is 15.6. The van der Waals surface area contributed by atoms with Crippen LogP contribution in [0.1, 0.15) is 36.7 Å². The third kappa shape index (κ3) is 3.85. The molecule has 0 aliphatic heterocycles. The first-order valence-electron chi connectivity index (χ1n) is 6.58. The van der Waals surface area contributed by atoms with E-state index in [1.165, 1.54) is 11.6 Å². The van der Waals surface area contributed by atoms with Gasteiger partial charge in [0.25, 0.3) is 0 Å². The van der Waals surface area contributed by atoms with Gasteiger partial charge in [0, 0.05) is 4.47 Å². The first-order chi connectivity index (χ1) is 9.77. The number of halogens is 1. The van der Waals surface area contributed by atoms with Gasteiger partial charge in [0.05, 0.1) is 0 Å². The third-order valence-corrected chi connectivity index (χ3v) is 3.62. The Morgan fingerprint density at radius 1 is 1.10 bits per heavy atom. The summed E-state index contributed by atoms with van der Waals surface area (Å²) >= 11 is 3.32. The second-order valence-electron chi connectivity index (χ2n) is 5.82. The third-order valence-electron chi connectivity index (χ3n) is 3.12. The summed E-state index contributed by atoms with van der Waals surface area (Å²) in [6.07, 6.45) is 0. The Morgan fingerprint density at radius 3 is 2.24 bits per heavy atom. The van der Waals surface area contributed by atoms with Gasteiger partial charge in [-0.1, -0.05) is 48.8 Å². The molecule has 0 atom stereocenters. The number of aromatic carboxylic acids is 1. The minimum atomic E-state index is -1.01. The lowest BCUT2D eigenvalue weighted by atomic mass is 9.87. The van der Waals surface area contributed by atoms with E-state index < -0.39 is 5.97 Å². The summed E-state index contributed by atoms with van der Waals surface area (Å²) in [6.45, 7) is 6.42. The molecule has 2 aromatic rings. The van der Waals surface area contributed by atoms with Crippen molar-refractivity contribution in [1.82, 2.24) is 0 Å². The van der Waals surface area contributed by atoms with Crippen LogP contribution < -0.4 is 4.74 Å². The Bertz CT molecular complexity index is 655. The van der Waals surface area contributed by atoms with Crippen molar-refractivity contribution < 1.29 is 14.6 Å². The first-order valence-corrected chi connectivity index (χ1v) is 7.38. The summed E-state index contributed by atoms with van der Waals surface area (Å²) in [4.78, 5) is 11.2. The van der Waals surface area contributed by atoms with Gasteiger partial charge in [0.15, 0.2) is 0 Å². The van der Waals surface area contributed by atoms with Crippen LogP contribution in [0.4, 0.5) is 0 Å².